The summed E-state index contributed by atoms with van der Waals surface area (Å²) in [6.07, 6.45) is 0. The summed E-state index contributed by atoms with van der Waals surface area (Å²) in [6.45, 7) is -0.115. The molecule has 0 saturated carbocycles. The monoisotopic (exact) mass is 343 g/mol. The molecule has 3 aromatic carbocycles. The van der Waals surface area contributed by atoms with Gasteiger partial charge in [0.15, 0.2) is 5.54 Å². The minimum Gasteiger partial charge on any atom is -0.392 e. The van der Waals surface area contributed by atoms with E-state index in [0.717, 1.165) is 0 Å². The largest absolute Gasteiger partial charge is 0.392 e. The molecule has 0 amide bonds. The summed E-state index contributed by atoms with van der Waals surface area (Å²) < 4.78 is 0. The van der Waals surface area contributed by atoms with Gasteiger partial charge in [0, 0.05) is 16.8 Å². The average molecular weight is 343 g/mol. The number of aliphatic hydroxyl groups is 1. The van der Waals surface area contributed by atoms with Crippen LogP contribution in [0.2, 0.25) is 0 Å². The first-order valence-corrected chi connectivity index (χ1v) is 8.39. The molecule has 26 heavy (non-hydrogen) atoms. The number of hydrogen-bond acceptors (Lipinski definition) is 4. The fourth-order valence-corrected chi connectivity index (χ4v) is 3.49. The van der Waals surface area contributed by atoms with E-state index in [2.05, 4.69) is 5.32 Å². The molecule has 4 nitrogen and oxygen atoms in total. The van der Waals surface area contributed by atoms with Crippen molar-refractivity contribution < 1.29 is 14.7 Å². The third-order valence-corrected chi connectivity index (χ3v) is 4.75. The van der Waals surface area contributed by atoms with Crippen LogP contribution in [0.1, 0.15) is 31.8 Å². The lowest BCUT2D eigenvalue weighted by atomic mass is 9.84. The molecule has 0 aliphatic heterocycles. The number of nitrogens with one attached hydrogen (secondary N) is 1. The van der Waals surface area contributed by atoms with E-state index in [-0.39, 0.29) is 18.2 Å². The van der Waals surface area contributed by atoms with Gasteiger partial charge >= 0.3 is 0 Å². The zero-order valence-corrected chi connectivity index (χ0v) is 14.0. The second-order valence-electron chi connectivity index (χ2n) is 6.30. The van der Waals surface area contributed by atoms with Crippen molar-refractivity contribution in [1.82, 2.24) is 0 Å². The number of hydrogen-bond donors (Lipinski definition) is 2. The Bertz CT molecular complexity index is 960. The molecule has 0 unspecified atom stereocenters. The van der Waals surface area contributed by atoms with Crippen molar-refractivity contribution in [2.75, 3.05) is 5.32 Å². The Balaban J connectivity index is 1.90. The van der Waals surface area contributed by atoms with Crippen molar-refractivity contribution in [1.29, 1.82) is 0 Å². The van der Waals surface area contributed by atoms with Gasteiger partial charge < -0.3 is 10.4 Å². The molecular weight excluding hydrogens is 326 g/mol. The van der Waals surface area contributed by atoms with Crippen molar-refractivity contribution in [2.24, 2.45) is 0 Å². The third-order valence-electron chi connectivity index (χ3n) is 4.75. The molecule has 4 heteroatoms. The van der Waals surface area contributed by atoms with Crippen molar-refractivity contribution in [3.8, 4) is 0 Å². The maximum Gasteiger partial charge on any atom is 0.201 e. The van der Waals surface area contributed by atoms with E-state index in [1.165, 1.54) is 0 Å². The molecule has 4 rings (SSSR count). The molecule has 0 heterocycles. The van der Waals surface area contributed by atoms with Crippen LogP contribution >= 0.6 is 0 Å². The Hall–Kier alpha value is -3.24. The molecular formula is C22H17NO3. The third kappa shape index (κ3) is 2.35. The Kier molecular flexibility index (Phi) is 3.90. The highest BCUT2D eigenvalue weighted by atomic mass is 16.3. The molecule has 0 bridgehead atoms. The van der Waals surface area contributed by atoms with Crippen LogP contribution in [0.25, 0.3) is 0 Å². The molecule has 0 spiro atoms. The number of Topliss-reactive ketones (excluding diaryl/α,β-unsaturated/α-hetero) is 2. The Morgan fingerprint density at radius 3 is 2.00 bits per heavy atom. The summed E-state index contributed by atoms with van der Waals surface area (Å²) in [7, 11) is 0. The van der Waals surface area contributed by atoms with E-state index in [9.17, 15) is 14.7 Å². The Morgan fingerprint density at radius 2 is 1.38 bits per heavy atom. The van der Waals surface area contributed by atoms with E-state index in [1.54, 1.807) is 60.7 Å². The zero-order chi connectivity index (χ0) is 18.1. The van der Waals surface area contributed by atoms with Gasteiger partial charge in [0.1, 0.15) is 0 Å². The lowest BCUT2D eigenvalue weighted by Gasteiger charge is -2.29. The molecule has 1 aliphatic rings. The quantitative estimate of drug-likeness (QED) is 0.711. The van der Waals surface area contributed by atoms with Gasteiger partial charge in [-0.15, -0.1) is 0 Å². The SMILES string of the molecule is O=C1c2ccccc2C(=O)C1(Nc1cccc(CO)c1)c1ccccc1. The summed E-state index contributed by atoms with van der Waals surface area (Å²) in [5.74, 6) is -0.530. The summed E-state index contributed by atoms with van der Waals surface area (Å²) >= 11 is 0. The number of ketones is 2. The number of benzene rings is 3. The molecule has 3 aromatic rings. The highest BCUT2D eigenvalue weighted by molar-refractivity contribution is 6.34. The number of rotatable bonds is 4. The van der Waals surface area contributed by atoms with Crippen LogP contribution < -0.4 is 5.32 Å². The zero-order valence-electron chi connectivity index (χ0n) is 14.0. The lowest BCUT2D eigenvalue weighted by molar-refractivity contribution is 0.0819. The molecule has 0 atom stereocenters. The molecule has 0 saturated heterocycles. The van der Waals surface area contributed by atoms with E-state index in [4.69, 9.17) is 0 Å². The van der Waals surface area contributed by atoms with Gasteiger partial charge in [0.25, 0.3) is 0 Å². The van der Waals surface area contributed by atoms with Crippen LogP contribution in [0.5, 0.6) is 0 Å². The maximum absolute atomic E-state index is 13.4. The molecule has 1 aliphatic carbocycles. The van der Waals surface area contributed by atoms with Crippen LogP contribution in [-0.2, 0) is 12.1 Å². The van der Waals surface area contributed by atoms with Crippen molar-refractivity contribution in [2.45, 2.75) is 12.1 Å². The maximum atomic E-state index is 13.4. The fourth-order valence-electron chi connectivity index (χ4n) is 3.49. The minimum atomic E-state index is -1.50. The molecule has 0 aromatic heterocycles. The van der Waals surface area contributed by atoms with Crippen molar-refractivity contribution >= 4 is 17.3 Å². The van der Waals surface area contributed by atoms with E-state index in [0.29, 0.717) is 27.9 Å². The van der Waals surface area contributed by atoms with Gasteiger partial charge in [-0.25, -0.2) is 0 Å². The molecule has 0 radical (unpaired) electrons. The van der Waals surface area contributed by atoms with Gasteiger partial charge in [-0.05, 0) is 23.3 Å². The first-order chi connectivity index (χ1) is 12.7. The van der Waals surface area contributed by atoms with Crippen LogP contribution in [0.4, 0.5) is 5.69 Å². The van der Waals surface area contributed by atoms with Gasteiger partial charge in [-0.3, -0.25) is 9.59 Å². The van der Waals surface area contributed by atoms with E-state index >= 15 is 0 Å². The second-order valence-corrected chi connectivity index (χ2v) is 6.30. The number of fused-ring (bicyclic) bond motifs is 1. The summed E-state index contributed by atoms with van der Waals surface area (Å²) in [4.78, 5) is 26.7. The number of aliphatic hydroxyl groups excluding tert-OH is 1. The Labute approximate surface area is 151 Å². The minimum absolute atomic E-state index is 0.115. The van der Waals surface area contributed by atoms with Crippen molar-refractivity contribution in [3.05, 3.63) is 101 Å². The molecule has 2 N–H and O–H groups in total. The topological polar surface area (TPSA) is 66.4 Å². The molecule has 128 valence electrons. The predicted octanol–water partition coefficient (Wildman–Crippen LogP) is 3.57. The van der Waals surface area contributed by atoms with E-state index < -0.39 is 5.54 Å². The van der Waals surface area contributed by atoms with Gasteiger partial charge in [0.2, 0.25) is 11.6 Å². The van der Waals surface area contributed by atoms with Crippen LogP contribution in [0.15, 0.2) is 78.9 Å². The first kappa shape index (κ1) is 16.2. The highest BCUT2D eigenvalue weighted by Gasteiger charge is 2.54. The van der Waals surface area contributed by atoms with Gasteiger partial charge in [-0.2, -0.15) is 0 Å². The summed E-state index contributed by atoms with van der Waals surface area (Å²) in [6, 6.07) is 23.0. The fraction of sp³-hybridized carbons (Fsp3) is 0.0909. The predicted molar refractivity (Wildman–Crippen MR) is 99.2 cm³/mol. The number of anilines is 1. The molecule has 0 fully saturated rings. The summed E-state index contributed by atoms with van der Waals surface area (Å²) in [5.41, 5.74) is 1.25. The van der Waals surface area contributed by atoms with Crippen LogP contribution in [0, 0.1) is 0 Å². The smallest absolute Gasteiger partial charge is 0.201 e. The van der Waals surface area contributed by atoms with Gasteiger partial charge in [-0.1, -0.05) is 66.7 Å². The number of carbonyl (C=O) groups is 2. The van der Waals surface area contributed by atoms with Crippen LogP contribution in [0.3, 0.4) is 0 Å². The van der Waals surface area contributed by atoms with E-state index in [1.807, 2.05) is 18.2 Å². The normalized spacial score (nSPS) is 15.0. The standard InChI is InChI=1S/C22H17NO3/c24-14-15-7-6-10-17(13-15)23-22(16-8-2-1-3-9-16)20(25)18-11-4-5-12-19(18)21(22)26/h1-13,23-24H,14H2. The first-order valence-electron chi connectivity index (χ1n) is 8.39. The average Bonchev–Trinajstić information content (AvgIpc) is 2.92. The van der Waals surface area contributed by atoms with Gasteiger partial charge in [0.05, 0.1) is 6.61 Å². The van der Waals surface area contributed by atoms with Crippen molar-refractivity contribution in [3.63, 3.8) is 0 Å². The lowest BCUT2D eigenvalue weighted by Crippen LogP contribution is -2.46. The highest BCUT2D eigenvalue weighted by Crippen LogP contribution is 2.40. The Morgan fingerprint density at radius 1 is 0.769 bits per heavy atom. The number of carbonyl (C=O) groups excluding carboxylic acids is 2. The van der Waals surface area contributed by atoms with Crippen LogP contribution in [-0.4, -0.2) is 16.7 Å². The summed E-state index contributed by atoms with van der Waals surface area (Å²) in [5, 5.41) is 12.6. The second kappa shape index (κ2) is 6.24.